The van der Waals surface area contributed by atoms with Crippen LogP contribution in [0.15, 0.2) is 60.7 Å². The minimum atomic E-state index is -0.541. The Balaban J connectivity index is 1.62. The van der Waals surface area contributed by atoms with Gasteiger partial charge in [0.05, 0.1) is 28.0 Å². The number of amides is 1. The molecule has 0 radical (unpaired) electrons. The molecular formula is C24H18N4O5S2. The molecule has 11 heteroatoms. The molecule has 176 valence electrons. The predicted molar refractivity (Wildman–Crippen MR) is 133 cm³/mol. The van der Waals surface area contributed by atoms with Crippen molar-refractivity contribution in [1.29, 1.82) is 5.26 Å². The Morgan fingerprint density at radius 3 is 2.43 bits per heavy atom. The summed E-state index contributed by atoms with van der Waals surface area (Å²) in [6, 6.07) is 18.7. The monoisotopic (exact) mass is 506 g/mol. The molecule has 2 aromatic heterocycles. The fraction of sp³-hybridized carbons (Fsp3) is 0.125. The van der Waals surface area contributed by atoms with E-state index in [0.29, 0.717) is 28.7 Å². The van der Waals surface area contributed by atoms with Crippen LogP contribution in [-0.2, 0) is 0 Å². The summed E-state index contributed by atoms with van der Waals surface area (Å²) in [6.07, 6.45) is 0.896. The Morgan fingerprint density at radius 2 is 1.80 bits per heavy atom. The maximum Gasteiger partial charge on any atom is 0.324 e. The zero-order chi connectivity index (χ0) is 24.8. The number of benzene rings is 2. The molecule has 1 N–H and O–H groups in total. The molecule has 9 nitrogen and oxygen atoms in total. The van der Waals surface area contributed by atoms with Gasteiger partial charge in [-0.05, 0) is 61.0 Å². The van der Waals surface area contributed by atoms with Crippen LogP contribution in [0.25, 0.3) is 11.3 Å². The van der Waals surface area contributed by atoms with E-state index in [1.165, 1.54) is 12.1 Å². The summed E-state index contributed by atoms with van der Waals surface area (Å²) in [6.45, 7) is 2.64. The highest BCUT2D eigenvalue weighted by molar-refractivity contribution is 7.19. The number of thiazole rings is 1. The molecule has 0 aliphatic heterocycles. The van der Waals surface area contributed by atoms with Crippen molar-refractivity contribution in [3.8, 4) is 33.9 Å². The van der Waals surface area contributed by atoms with Crippen LogP contribution in [0.2, 0.25) is 0 Å². The van der Waals surface area contributed by atoms with Crippen LogP contribution in [0.5, 0.6) is 16.6 Å². The van der Waals surface area contributed by atoms with Gasteiger partial charge in [0.2, 0.25) is 5.06 Å². The molecule has 0 unspecified atom stereocenters. The van der Waals surface area contributed by atoms with E-state index >= 15 is 0 Å². The third-order valence-electron chi connectivity index (χ3n) is 4.61. The molecule has 0 bridgehead atoms. The smallest absolute Gasteiger partial charge is 0.324 e. The molecule has 0 saturated heterocycles. The zero-order valence-corrected chi connectivity index (χ0v) is 20.0. The van der Waals surface area contributed by atoms with Gasteiger partial charge in [0.15, 0.2) is 5.13 Å². The van der Waals surface area contributed by atoms with Gasteiger partial charge in [0, 0.05) is 11.6 Å². The van der Waals surface area contributed by atoms with E-state index in [2.05, 4.69) is 16.4 Å². The summed E-state index contributed by atoms with van der Waals surface area (Å²) < 4.78 is 11.7. The van der Waals surface area contributed by atoms with E-state index in [1.54, 1.807) is 24.3 Å². The van der Waals surface area contributed by atoms with Crippen molar-refractivity contribution in [2.24, 2.45) is 0 Å². The van der Waals surface area contributed by atoms with Crippen LogP contribution < -0.4 is 14.8 Å². The molecule has 0 atom stereocenters. The fourth-order valence-electron chi connectivity index (χ4n) is 2.95. The van der Waals surface area contributed by atoms with Crippen LogP contribution in [0, 0.1) is 21.4 Å². The van der Waals surface area contributed by atoms with Gasteiger partial charge in [0.1, 0.15) is 17.2 Å². The highest BCUT2D eigenvalue weighted by atomic mass is 32.1. The van der Waals surface area contributed by atoms with E-state index in [-0.39, 0.29) is 15.0 Å². The molecule has 35 heavy (non-hydrogen) atoms. The van der Waals surface area contributed by atoms with E-state index in [9.17, 15) is 14.9 Å². The van der Waals surface area contributed by atoms with Crippen LogP contribution in [-0.4, -0.2) is 22.4 Å². The Labute approximate surface area is 208 Å². The molecule has 0 spiro atoms. The van der Waals surface area contributed by atoms with Gasteiger partial charge in [0.25, 0.3) is 5.91 Å². The summed E-state index contributed by atoms with van der Waals surface area (Å²) >= 11 is 1.91. The number of nitro groups is 1. The Hall–Kier alpha value is -4.27. The maximum atomic E-state index is 12.6. The first-order chi connectivity index (χ1) is 17.0. The van der Waals surface area contributed by atoms with Crippen molar-refractivity contribution in [3.05, 3.63) is 81.2 Å². The zero-order valence-electron chi connectivity index (χ0n) is 18.4. The first-order valence-corrected chi connectivity index (χ1v) is 12.1. The van der Waals surface area contributed by atoms with Crippen LogP contribution in [0.4, 0.5) is 10.1 Å². The first-order valence-electron chi connectivity index (χ1n) is 10.4. The second kappa shape index (κ2) is 10.8. The lowest BCUT2D eigenvalue weighted by Crippen LogP contribution is -2.09. The molecule has 0 aliphatic carbocycles. The number of carbonyl (C=O) groups excluding carboxylic acids is 1. The number of aromatic nitrogens is 1. The maximum absolute atomic E-state index is 12.6. The number of nitriles is 1. The third-order valence-corrected chi connectivity index (χ3v) is 6.49. The molecule has 4 aromatic rings. The molecule has 0 saturated carbocycles. The fourth-order valence-corrected chi connectivity index (χ4v) is 4.52. The number of thiophene rings is 1. The SMILES string of the molecule is CCCOc1ccc(-c2nc(NC(=O)c3ccc([N+](=O)[O-])s3)sc2Oc2ccc(C#N)cc2)cc1. The summed E-state index contributed by atoms with van der Waals surface area (Å²) in [5.74, 6) is 0.730. The summed E-state index contributed by atoms with van der Waals surface area (Å²) in [4.78, 5) is 27.8. The predicted octanol–water partition coefficient (Wildman–Crippen LogP) is 6.48. The number of anilines is 1. The Kier molecular flexibility index (Phi) is 7.35. The van der Waals surface area contributed by atoms with Crippen LogP contribution >= 0.6 is 22.7 Å². The van der Waals surface area contributed by atoms with Crippen molar-refractivity contribution >= 4 is 38.7 Å². The molecule has 2 aromatic carbocycles. The van der Waals surface area contributed by atoms with Gasteiger partial charge in [-0.1, -0.05) is 29.6 Å². The average Bonchev–Trinajstić information content (AvgIpc) is 3.51. The topological polar surface area (TPSA) is 127 Å². The molecule has 0 aliphatic rings. The lowest BCUT2D eigenvalue weighted by Gasteiger charge is -2.07. The number of nitrogens with one attached hydrogen (secondary N) is 1. The molecule has 4 rings (SSSR count). The summed E-state index contributed by atoms with van der Waals surface area (Å²) in [5.41, 5.74) is 1.76. The molecule has 2 heterocycles. The van der Waals surface area contributed by atoms with Crippen molar-refractivity contribution < 1.29 is 19.2 Å². The Morgan fingerprint density at radius 1 is 1.09 bits per heavy atom. The number of hydrogen-bond donors (Lipinski definition) is 1. The summed E-state index contributed by atoms with van der Waals surface area (Å²) in [5, 5.41) is 23.2. The van der Waals surface area contributed by atoms with E-state index in [0.717, 1.165) is 40.4 Å². The second-order valence-corrected chi connectivity index (χ2v) is 9.14. The van der Waals surface area contributed by atoms with Gasteiger partial charge in [-0.2, -0.15) is 5.26 Å². The van der Waals surface area contributed by atoms with Crippen molar-refractivity contribution in [1.82, 2.24) is 4.98 Å². The second-order valence-electron chi connectivity index (χ2n) is 7.12. The van der Waals surface area contributed by atoms with Crippen LogP contribution in [0.3, 0.4) is 0 Å². The highest BCUT2D eigenvalue weighted by Crippen LogP contribution is 2.41. The molecular weight excluding hydrogens is 488 g/mol. The highest BCUT2D eigenvalue weighted by Gasteiger charge is 2.20. The van der Waals surface area contributed by atoms with E-state index in [4.69, 9.17) is 14.7 Å². The molecule has 0 fully saturated rings. The van der Waals surface area contributed by atoms with Crippen LogP contribution in [0.1, 0.15) is 28.6 Å². The minimum Gasteiger partial charge on any atom is -0.494 e. The quantitative estimate of drug-likeness (QED) is 0.203. The lowest BCUT2D eigenvalue weighted by atomic mass is 10.1. The largest absolute Gasteiger partial charge is 0.494 e. The van der Waals surface area contributed by atoms with Crippen molar-refractivity contribution in [2.45, 2.75) is 13.3 Å². The number of carbonyl (C=O) groups is 1. The standard InChI is InChI=1S/C24H18N4O5S2/c1-2-13-32-17-9-5-16(6-10-17)21-23(33-18-7-3-15(14-25)4-8-18)35-24(26-21)27-22(29)19-11-12-20(34-19)28(30)31/h3-12H,2,13H2,1H3,(H,26,27,29). The number of rotatable bonds is 9. The van der Waals surface area contributed by atoms with Gasteiger partial charge >= 0.3 is 5.00 Å². The van der Waals surface area contributed by atoms with Gasteiger partial charge < -0.3 is 9.47 Å². The lowest BCUT2D eigenvalue weighted by molar-refractivity contribution is -0.380. The van der Waals surface area contributed by atoms with Gasteiger partial charge in [-0.25, -0.2) is 4.98 Å². The van der Waals surface area contributed by atoms with Gasteiger partial charge in [-0.3, -0.25) is 20.2 Å². The molecule has 1 amide bonds. The van der Waals surface area contributed by atoms with Crippen molar-refractivity contribution in [2.75, 3.05) is 11.9 Å². The van der Waals surface area contributed by atoms with E-state index in [1.807, 2.05) is 31.2 Å². The first kappa shape index (κ1) is 23.9. The number of ether oxygens (including phenoxy) is 2. The Bertz CT molecular complexity index is 1390. The normalized spacial score (nSPS) is 10.4. The third kappa shape index (κ3) is 5.81. The average molecular weight is 507 g/mol. The minimum absolute atomic E-state index is 0.120. The van der Waals surface area contributed by atoms with Gasteiger partial charge in [-0.15, -0.1) is 0 Å². The van der Waals surface area contributed by atoms with Crippen molar-refractivity contribution in [3.63, 3.8) is 0 Å². The number of hydrogen-bond acceptors (Lipinski definition) is 9. The number of nitrogens with zero attached hydrogens (tertiary/aromatic N) is 3. The van der Waals surface area contributed by atoms with E-state index < -0.39 is 10.8 Å². The summed E-state index contributed by atoms with van der Waals surface area (Å²) in [7, 11) is 0.